The molecule has 2 heterocycles. The first kappa shape index (κ1) is 22.1. The number of carbonyl (C=O) groups is 1. The molecule has 0 fully saturated rings. The van der Waals surface area contributed by atoms with E-state index in [4.69, 9.17) is 0 Å². The van der Waals surface area contributed by atoms with Gasteiger partial charge in [0.1, 0.15) is 11.3 Å². The highest BCUT2D eigenvalue weighted by Crippen LogP contribution is 2.38. The van der Waals surface area contributed by atoms with Gasteiger partial charge in [-0.3, -0.25) is 4.79 Å². The molecule has 2 aromatic heterocycles. The fourth-order valence-electron chi connectivity index (χ4n) is 3.23. The highest BCUT2D eigenvalue weighted by atomic mass is 19.4. The molecule has 4 aromatic rings. The summed E-state index contributed by atoms with van der Waals surface area (Å²) in [6.45, 7) is 0. The minimum atomic E-state index is -4.87. The minimum absolute atomic E-state index is 0.0230. The van der Waals surface area contributed by atoms with E-state index in [1.54, 1.807) is 5.32 Å². The highest BCUT2D eigenvalue weighted by Gasteiger charge is 2.33. The fraction of sp³-hybridized carbons (Fsp3) is 0.0476. The van der Waals surface area contributed by atoms with Gasteiger partial charge in [-0.2, -0.15) is 13.2 Å². The molecule has 0 unspecified atom stereocenters. The van der Waals surface area contributed by atoms with Crippen molar-refractivity contribution in [1.29, 1.82) is 0 Å². The molecule has 0 bridgehead atoms. The average molecular weight is 469 g/mol. The summed E-state index contributed by atoms with van der Waals surface area (Å²) in [5.41, 5.74) is -5.48. The number of rotatable bonds is 3. The number of alkyl halides is 3. The number of pyridine rings is 1. The van der Waals surface area contributed by atoms with E-state index in [1.165, 1.54) is 24.4 Å². The maximum atomic E-state index is 14.7. The van der Waals surface area contributed by atoms with E-state index < -0.39 is 69.2 Å². The normalized spacial score (nSPS) is 11.7. The van der Waals surface area contributed by atoms with Crippen LogP contribution in [-0.2, 0) is 6.18 Å². The Kier molecular flexibility index (Phi) is 5.23. The van der Waals surface area contributed by atoms with Gasteiger partial charge < -0.3 is 10.4 Å². The van der Waals surface area contributed by atoms with Crippen LogP contribution >= 0.6 is 0 Å². The molecule has 33 heavy (non-hydrogen) atoms. The maximum absolute atomic E-state index is 14.7. The number of anilines is 1. The van der Waals surface area contributed by atoms with Crippen molar-refractivity contribution in [3.63, 3.8) is 0 Å². The van der Waals surface area contributed by atoms with Crippen LogP contribution in [0.5, 0.6) is 5.88 Å². The van der Waals surface area contributed by atoms with E-state index >= 15 is 0 Å². The monoisotopic (exact) mass is 469 g/mol. The maximum Gasteiger partial charge on any atom is 0.416 e. The third-order valence-electron chi connectivity index (χ3n) is 4.73. The van der Waals surface area contributed by atoms with Gasteiger partial charge in [0.05, 0.1) is 16.6 Å². The molecule has 12 heteroatoms. The van der Waals surface area contributed by atoms with Gasteiger partial charge in [0.25, 0.3) is 5.91 Å². The summed E-state index contributed by atoms with van der Waals surface area (Å²) < 4.78 is 98.4. The lowest BCUT2D eigenvalue weighted by atomic mass is 10.0. The number of aromatic hydroxyl groups is 1. The van der Waals surface area contributed by atoms with E-state index in [0.29, 0.717) is 12.1 Å². The van der Waals surface area contributed by atoms with Crippen molar-refractivity contribution >= 4 is 17.1 Å². The van der Waals surface area contributed by atoms with Gasteiger partial charge in [-0.05, 0) is 29.8 Å². The summed E-state index contributed by atoms with van der Waals surface area (Å²) in [5.74, 6) is -10.3. The Morgan fingerprint density at radius 2 is 1.61 bits per heavy atom. The van der Waals surface area contributed by atoms with E-state index in [1.807, 2.05) is 0 Å². The Hall–Kier alpha value is -4.09. The summed E-state index contributed by atoms with van der Waals surface area (Å²) in [7, 11) is 0. The van der Waals surface area contributed by atoms with Gasteiger partial charge in [-0.25, -0.2) is 22.1 Å². The number of halogens is 7. The molecule has 0 saturated heterocycles. The Morgan fingerprint density at radius 3 is 2.24 bits per heavy atom. The number of carbonyl (C=O) groups excluding carboxylic acids is 1. The van der Waals surface area contributed by atoms with Crippen molar-refractivity contribution in [1.82, 2.24) is 9.61 Å². The molecule has 0 saturated carbocycles. The number of hydrogen-bond acceptors (Lipinski definition) is 3. The van der Waals surface area contributed by atoms with Gasteiger partial charge in [-0.1, -0.05) is 18.2 Å². The Morgan fingerprint density at radius 1 is 0.939 bits per heavy atom. The predicted octanol–water partition coefficient (Wildman–Crippen LogP) is 5.53. The molecular formula is C21H10F7N3O2. The lowest BCUT2D eigenvalue weighted by Gasteiger charge is -2.14. The van der Waals surface area contributed by atoms with Crippen molar-refractivity contribution in [2.45, 2.75) is 6.18 Å². The molecular weight excluding hydrogens is 459 g/mol. The summed E-state index contributed by atoms with van der Waals surface area (Å²) in [5, 5.41) is 15.2. The lowest BCUT2D eigenvalue weighted by molar-refractivity contribution is -0.137. The van der Waals surface area contributed by atoms with Crippen LogP contribution < -0.4 is 5.32 Å². The topological polar surface area (TPSA) is 66.6 Å². The first-order chi connectivity index (χ1) is 15.5. The fourth-order valence-corrected chi connectivity index (χ4v) is 3.23. The van der Waals surface area contributed by atoms with Gasteiger partial charge >= 0.3 is 6.18 Å². The van der Waals surface area contributed by atoms with Crippen molar-refractivity contribution in [2.75, 3.05) is 5.32 Å². The van der Waals surface area contributed by atoms with Gasteiger partial charge in [-0.15, -0.1) is 5.10 Å². The second-order valence-electron chi connectivity index (χ2n) is 6.77. The smallest absolute Gasteiger partial charge is 0.416 e. The van der Waals surface area contributed by atoms with Crippen molar-refractivity contribution < 1.29 is 40.6 Å². The van der Waals surface area contributed by atoms with E-state index in [9.17, 15) is 40.6 Å². The van der Waals surface area contributed by atoms with E-state index in [2.05, 4.69) is 5.10 Å². The van der Waals surface area contributed by atoms with Crippen molar-refractivity contribution in [3.8, 4) is 17.0 Å². The van der Waals surface area contributed by atoms with Crippen LogP contribution in [0.4, 0.5) is 36.4 Å². The van der Waals surface area contributed by atoms with E-state index in [0.717, 1.165) is 16.6 Å². The predicted molar refractivity (Wildman–Crippen MR) is 102 cm³/mol. The molecule has 2 aromatic carbocycles. The quantitative estimate of drug-likeness (QED) is 0.306. The summed E-state index contributed by atoms with van der Waals surface area (Å²) in [6, 6.07) is 6.92. The first-order valence-corrected chi connectivity index (χ1v) is 9.02. The largest absolute Gasteiger partial charge is 0.492 e. The Bertz CT molecular complexity index is 1380. The number of amides is 1. The number of hydrogen-bond donors (Lipinski definition) is 2. The lowest BCUT2D eigenvalue weighted by Crippen LogP contribution is -2.16. The third kappa shape index (κ3) is 3.73. The number of fused-ring (bicyclic) bond motifs is 1. The number of nitrogens with zero attached hydrogens (tertiary/aromatic N) is 2. The third-order valence-corrected chi connectivity index (χ3v) is 4.73. The molecule has 5 nitrogen and oxygen atoms in total. The van der Waals surface area contributed by atoms with Crippen LogP contribution in [0.25, 0.3) is 16.6 Å². The minimum Gasteiger partial charge on any atom is -0.492 e. The second kappa shape index (κ2) is 7.80. The average Bonchev–Trinajstić information content (AvgIpc) is 3.11. The molecule has 0 aliphatic rings. The number of aromatic nitrogens is 2. The molecule has 2 N–H and O–H groups in total. The second-order valence-corrected chi connectivity index (χ2v) is 6.77. The SMILES string of the molecule is O=C(Nc1c(F)c(F)c(-c2cccc(C(F)(F)F)c2)c(F)c1F)c1c(O)nn2ccccc12. The van der Waals surface area contributed by atoms with Crippen LogP contribution in [0.2, 0.25) is 0 Å². The standard InChI is InChI=1S/C21H10F7N3O2/c22-14-12(9-4-3-5-10(8-9)21(26,27)28)15(23)17(25)18(16(14)24)29-19(32)13-11-6-1-2-7-31(11)30-20(13)33/h1-8H,(H,29,32)(H,30,33). The Balaban J connectivity index is 1.79. The molecule has 0 spiro atoms. The zero-order valence-electron chi connectivity index (χ0n) is 16.0. The zero-order valence-corrected chi connectivity index (χ0v) is 16.0. The molecule has 4 rings (SSSR count). The zero-order chi connectivity index (χ0) is 24.1. The van der Waals surface area contributed by atoms with Crippen LogP contribution in [0.15, 0.2) is 48.7 Å². The molecule has 0 radical (unpaired) electrons. The van der Waals surface area contributed by atoms with Crippen LogP contribution in [-0.4, -0.2) is 20.6 Å². The highest BCUT2D eigenvalue weighted by molar-refractivity contribution is 6.10. The molecule has 0 aliphatic carbocycles. The van der Waals surface area contributed by atoms with Crippen LogP contribution in [0.1, 0.15) is 15.9 Å². The molecule has 0 aliphatic heterocycles. The summed E-state index contributed by atoms with van der Waals surface area (Å²) >= 11 is 0. The van der Waals surface area contributed by atoms with Crippen molar-refractivity contribution in [2.24, 2.45) is 0 Å². The van der Waals surface area contributed by atoms with Crippen molar-refractivity contribution in [3.05, 3.63) is 83.1 Å². The molecule has 170 valence electrons. The van der Waals surface area contributed by atoms with Crippen LogP contribution in [0, 0.1) is 23.3 Å². The number of benzene rings is 2. The molecule has 0 atom stereocenters. The summed E-state index contributed by atoms with van der Waals surface area (Å²) in [4.78, 5) is 12.5. The van der Waals surface area contributed by atoms with Crippen LogP contribution in [0.3, 0.4) is 0 Å². The summed E-state index contributed by atoms with van der Waals surface area (Å²) in [6.07, 6.45) is -3.51. The molecule has 1 amide bonds. The van der Waals surface area contributed by atoms with Gasteiger partial charge in [0.2, 0.25) is 5.88 Å². The number of nitrogens with one attached hydrogen (secondary N) is 1. The first-order valence-electron chi connectivity index (χ1n) is 9.02. The van der Waals surface area contributed by atoms with E-state index in [-0.39, 0.29) is 5.52 Å². The Labute approximate surface area is 179 Å². The van der Waals surface area contributed by atoms with Gasteiger partial charge in [0, 0.05) is 6.20 Å². The van der Waals surface area contributed by atoms with Gasteiger partial charge in [0.15, 0.2) is 23.3 Å².